The van der Waals surface area contributed by atoms with Gasteiger partial charge in [-0.25, -0.2) is 19.3 Å². The highest BCUT2D eigenvalue weighted by Crippen LogP contribution is 2.37. The van der Waals surface area contributed by atoms with E-state index in [9.17, 15) is 4.79 Å². The van der Waals surface area contributed by atoms with Crippen LogP contribution >= 0.6 is 23.3 Å². The summed E-state index contributed by atoms with van der Waals surface area (Å²) in [6, 6.07) is 18.6. The number of anilines is 2. The average Bonchev–Trinajstić information content (AvgIpc) is 3.60. The predicted molar refractivity (Wildman–Crippen MR) is 179 cm³/mol. The SMILES string of the molecule is Cc1ccc(SN2CCC[C@@H](Nc3nccc(-c4c(-c5ccccc5NC(=O)CCCN)nc5sccn45)n3)C2)cc1.O.O. The van der Waals surface area contributed by atoms with Crippen molar-refractivity contribution in [3.8, 4) is 22.6 Å². The number of hydrogen-bond acceptors (Lipinski definition) is 9. The van der Waals surface area contributed by atoms with Crippen molar-refractivity contribution >= 4 is 45.8 Å². The van der Waals surface area contributed by atoms with Gasteiger partial charge in [0.05, 0.1) is 11.4 Å². The molecule has 0 aliphatic carbocycles. The van der Waals surface area contributed by atoms with E-state index >= 15 is 0 Å². The Morgan fingerprint density at radius 2 is 1.93 bits per heavy atom. The van der Waals surface area contributed by atoms with Gasteiger partial charge in [0, 0.05) is 53.8 Å². The molecule has 1 atom stereocenters. The van der Waals surface area contributed by atoms with Crippen molar-refractivity contribution in [1.82, 2.24) is 23.7 Å². The molecular formula is C31H38N8O3S2. The van der Waals surface area contributed by atoms with Gasteiger partial charge < -0.3 is 27.3 Å². The summed E-state index contributed by atoms with van der Waals surface area (Å²) in [5.74, 6) is 0.533. The van der Waals surface area contributed by atoms with Gasteiger partial charge in [0.25, 0.3) is 0 Å². The van der Waals surface area contributed by atoms with Gasteiger partial charge in [-0.3, -0.25) is 9.20 Å². The number of fused-ring (bicyclic) bond motifs is 1. The molecule has 1 amide bonds. The Morgan fingerprint density at radius 1 is 1.11 bits per heavy atom. The van der Waals surface area contributed by atoms with E-state index in [1.165, 1.54) is 10.5 Å². The number of imidazole rings is 1. The van der Waals surface area contributed by atoms with Crippen LogP contribution in [0.25, 0.3) is 27.6 Å². The molecule has 0 bridgehead atoms. The summed E-state index contributed by atoms with van der Waals surface area (Å²) in [5, 5.41) is 8.66. The summed E-state index contributed by atoms with van der Waals surface area (Å²) in [5.41, 5.74) is 10.8. The largest absolute Gasteiger partial charge is 0.412 e. The molecule has 0 saturated carbocycles. The molecule has 232 valence electrons. The van der Waals surface area contributed by atoms with E-state index in [0.29, 0.717) is 31.0 Å². The maximum Gasteiger partial charge on any atom is 0.224 e. The lowest BCUT2D eigenvalue weighted by atomic mass is 10.1. The molecule has 4 heterocycles. The highest BCUT2D eigenvalue weighted by atomic mass is 32.2. The topological polar surface area (TPSA) is 176 Å². The maximum atomic E-state index is 12.6. The van der Waals surface area contributed by atoms with Crippen LogP contribution in [0.2, 0.25) is 0 Å². The van der Waals surface area contributed by atoms with Crippen molar-refractivity contribution in [2.45, 2.75) is 43.5 Å². The van der Waals surface area contributed by atoms with Crippen LogP contribution in [0.1, 0.15) is 31.2 Å². The second-order valence-corrected chi connectivity index (χ2v) is 12.4. The molecule has 1 fully saturated rings. The van der Waals surface area contributed by atoms with Crippen LogP contribution in [0.4, 0.5) is 11.6 Å². The molecule has 2 aromatic carbocycles. The van der Waals surface area contributed by atoms with Crippen molar-refractivity contribution in [3.63, 3.8) is 0 Å². The molecule has 0 unspecified atom stereocenters. The molecule has 6 rings (SSSR count). The summed E-state index contributed by atoms with van der Waals surface area (Å²) in [7, 11) is 0. The molecule has 1 saturated heterocycles. The Kier molecular flexibility index (Phi) is 11.4. The number of rotatable bonds is 10. The first-order chi connectivity index (χ1) is 20.6. The van der Waals surface area contributed by atoms with Crippen molar-refractivity contribution in [1.29, 1.82) is 0 Å². The minimum absolute atomic E-state index is 0. The van der Waals surface area contributed by atoms with Crippen molar-refractivity contribution in [2.24, 2.45) is 5.73 Å². The van der Waals surface area contributed by atoms with Gasteiger partial charge in [0.15, 0.2) is 4.96 Å². The fraction of sp³-hybridized carbons (Fsp3) is 0.290. The van der Waals surface area contributed by atoms with Crippen LogP contribution in [-0.2, 0) is 4.79 Å². The monoisotopic (exact) mass is 634 g/mol. The number of carbonyl (C=O) groups excluding carboxylic acids is 1. The van der Waals surface area contributed by atoms with Gasteiger partial charge in [0.1, 0.15) is 11.4 Å². The molecule has 5 aromatic rings. The van der Waals surface area contributed by atoms with E-state index in [-0.39, 0.29) is 22.9 Å². The Bertz CT molecular complexity index is 1670. The Labute approximate surface area is 264 Å². The first-order valence-electron chi connectivity index (χ1n) is 14.2. The highest BCUT2D eigenvalue weighted by molar-refractivity contribution is 7.97. The summed E-state index contributed by atoms with van der Waals surface area (Å²) < 4.78 is 4.47. The Hall–Kier alpha value is -3.85. The molecule has 13 heteroatoms. The number of aryl methyl sites for hydroxylation is 1. The van der Waals surface area contributed by atoms with Gasteiger partial charge in [-0.1, -0.05) is 35.9 Å². The summed E-state index contributed by atoms with van der Waals surface area (Å²) in [4.78, 5) is 29.2. The van der Waals surface area contributed by atoms with Crippen LogP contribution in [0.3, 0.4) is 0 Å². The minimum atomic E-state index is -0.0638. The van der Waals surface area contributed by atoms with Crippen LogP contribution < -0.4 is 16.4 Å². The molecule has 0 spiro atoms. The molecule has 8 N–H and O–H groups in total. The first-order valence-corrected chi connectivity index (χ1v) is 15.9. The summed E-state index contributed by atoms with van der Waals surface area (Å²) in [6.45, 7) is 4.54. The molecular weight excluding hydrogens is 597 g/mol. The number of amides is 1. The van der Waals surface area contributed by atoms with E-state index in [4.69, 9.17) is 15.7 Å². The van der Waals surface area contributed by atoms with E-state index in [0.717, 1.165) is 53.5 Å². The minimum Gasteiger partial charge on any atom is -0.412 e. The van der Waals surface area contributed by atoms with Gasteiger partial charge in [-0.05, 0) is 68.9 Å². The molecule has 1 aliphatic rings. The van der Waals surface area contributed by atoms with Crippen LogP contribution in [0, 0.1) is 6.92 Å². The number of para-hydroxylation sites is 1. The van der Waals surface area contributed by atoms with E-state index < -0.39 is 0 Å². The number of aromatic nitrogens is 4. The van der Waals surface area contributed by atoms with E-state index in [1.807, 2.05) is 41.9 Å². The molecule has 44 heavy (non-hydrogen) atoms. The second-order valence-electron chi connectivity index (χ2n) is 10.4. The van der Waals surface area contributed by atoms with Crippen LogP contribution in [0.15, 0.2) is 77.3 Å². The molecule has 0 radical (unpaired) electrons. The lowest BCUT2D eigenvalue weighted by molar-refractivity contribution is -0.116. The normalized spacial score (nSPS) is 14.9. The maximum absolute atomic E-state index is 12.6. The number of thiazole rings is 1. The zero-order valence-electron chi connectivity index (χ0n) is 24.5. The molecule has 11 nitrogen and oxygen atoms in total. The Morgan fingerprint density at radius 3 is 2.75 bits per heavy atom. The zero-order chi connectivity index (χ0) is 28.9. The average molecular weight is 635 g/mol. The molecule has 1 aliphatic heterocycles. The van der Waals surface area contributed by atoms with Crippen molar-refractivity contribution in [3.05, 3.63) is 77.9 Å². The lowest BCUT2D eigenvalue weighted by Gasteiger charge is -2.32. The number of nitrogens with two attached hydrogens (primary N) is 1. The number of benzene rings is 2. The van der Waals surface area contributed by atoms with E-state index in [1.54, 1.807) is 29.5 Å². The summed E-state index contributed by atoms with van der Waals surface area (Å²) >= 11 is 3.37. The van der Waals surface area contributed by atoms with Gasteiger partial charge in [0.2, 0.25) is 11.9 Å². The van der Waals surface area contributed by atoms with Crippen molar-refractivity contribution < 1.29 is 15.7 Å². The van der Waals surface area contributed by atoms with Gasteiger partial charge in [-0.15, -0.1) is 11.3 Å². The van der Waals surface area contributed by atoms with Gasteiger partial charge >= 0.3 is 0 Å². The highest BCUT2D eigenvalue weighted by Gasteiger charge is 2.24. The fourth-order valence-corrected chi connectivity index (χ4v) is 6.87. The number of piperidine rings is 1. The number of carbonyl (C=O) groups is 1. The zero-order valence-corrected chi connectivity index (χ0v) is 26.1. The quantitative estimate of drug-likeness (QED) is 0.189. The van der Waals surface area contributed by atoms with Gasteiger partial charge in [-0.2, -0.15) is 0 Å². The van der Waals surface area contributed by atoms with E-state index in [2.05, 4.69) is 55.5 Å². The predicted octanol–water partition coefficient (Wildman–Crippen LogP) is 4.44. The van der Waals surface area contributed by atoms with Crippen LogP contribution in [0.5, 0.6) is 0 Å². The number of nitrogens with zero attached hydrogens (tertiary/aromatic N) is 5. The molecule has 3 aromatic heterocycles. The Balaban J connectivity index is 0.00000221. The summed E-state index contributed by atoms with van der Waals surface area (Å²) in [6.07, 6.45) is 6.97. The first kappa shape index (κ1) is 33.1. The third-order valence-corrected chi connectivity index (χ3v) is 9.03. The van der Waals surface area contributed by atoms with Crippen molar-refractivity contribution in [2.75, 3.05) is 30.3 Å². The van der Waals surface area contributed by atoms with Crippen LogP contribution in [-0.4, -0.2) is 66.2 Å². The second kappa shape index (κ2) is 15.2. The third-order valence-electron chi connectivity index (χ3n) is 7.20. The fourth-order valence-electron chi connectivity index (χ4n) is 5.13. The standard InChI is InChI=1S/C31H34N8OS2.2H2O/c1-21-10-12-23(13-11-21)42-38-17-5-6-22(20-38)34-30-33-16-14-26(36-30)29-28(37-31-39(29)18-19-41-31)24-7-2-3-8-25(24)35-27(40)9-4-15-32;;/h2-3,7-8,10-14,16,18-19,22H,4-6,9,15,17,20,32H2,1H3,(H,35,40)(H,33,34,36);2*1H2/t22-;;/m1../s1. The third kappa shape index (κ3) is 7.62. The number of hydrogen-bond donors (Lipinski definition) is 3. The lowest BCUT2D eigenvalue weighted by Crippen LogP contribution is -2.38. The number of nitrogens with one attached hydrogen (secondary N) is 2. The smallest absolute Gasteiger partial charge is 0.224 e.